The number of anilines is 1. The zero-order chi connectivity index (χ0) is 36.7. The molecule has 0 aliphatic carbocycles. The summed E-state index contributed by atoms with van der Waals surface area (Å²) in [5, 5.41) is 18.0. The number of furan rings is 1. The van der Waals surface area contributed by atoms with E-state index in [1.807, 2.05) is 0 Å². The first-order valence-electron chi connectivity index (χ1n) is 15.8. The number of carbonyl (C=O) groups is 1. The summed E-state index contributed by atoms with van der Waals surface area (Å²) in [6, 6.07) is 17.7. The number of methoxy groups -OCH3 is 1. The minimum Gasteiger partial charge on any atom is -0.496 e. The third-order valence-electron chi connectivity index (χ3n) is 8.39. The lowest BCUT2D eigenvalue weighted by atomic mass is 9.96. The van der Waals surface area contributed by atoms with Gasteiger partial charge in [-0.25, -0.2) is 27.2 Å². The largest absolute Gasteiger partial charge is 0.496 e. The molecule has 0 bridgehead atoms. The summed E-state index contributed by atoms with van der Waals surface area (Å²) < 4.78 is 75.8. The number of amides is 1. The van der Waals surface area contributed by atoms with E-state index in [0.717, 1.165) is 10.6 Å². The van der Waals surface area contributed by atoms with Gasteiger partial charge in [-0.05, 0) is 60.2 Å². The van der Waals surface area contributed by atoms with Crippen molar-refractivity contribution in [2.24, 2.45) is 0 Å². The third-order valence-corrected chi connectivity index (χ3v) is 9.53. The second kappa shape index (κ2) is 13.5. The smallest absolute Gasteiger partial charge is 0.255 e. The van der Waals surface area contributed by atoms with Crippen LogP contribution in [0.4, 0.5) is 14.5 Å². The Morgan fingerprint density at radius 2 is 1.79 bits per heavy atom. The standard InChI is InChI=1S/C36H30F2N6O7S/c1-39-35(46)32-25-14-24(21-9-12-29(49-2)26(13-21)36-42-33-27(38)5-4-6-30(33)51-36)28(15-31(25)50-34(32)20-7-10-22(37)11-8-20)44(52(3,47)48)17-23(45)16-43-19-40-18-41-43/h4-15,18-19,23,45H,16-17H2,1-3H3,(H,39,46). The van der Waals surface area contributed by atoms with E-state index in [2.05, 4.69) is 20.4 Å². The predicted molar refractivity (Wildman–Crippen MR) is 188 cm³/mol. The molecule has 13 nitrogen and oxygen atoms in total. The first-order chi connectivity index (χ1) is 24.9. The quantitative estimate of drug-likeness (QED) is 0.170. The lowest BCUT2D eigenvalue weighted by Gasteiger charge is -2.27. The zero-order valence-corrected chi connectivity index (χ0v) is 28.7. The van der Waals surface area contributed by atoms with Crippen LogP contribution in [0.5, 0.6) is 5.75 Å². The monoisotopic (exact) mass is 728 g/mol. The van der Waals surface area contributed by atoms with Crippen LogP contribution in [0.15, 0.2) is 94.3 Å². The Bertz CT molecular complexity index is 2550. The van der Waals surface area contributed by atoms with Gasteiger partial charge in [-0.1, -0.05) is 12.1 Å². The fourth-order valence-corrected chi connectivity index (χ4v) is 6.95. The summed E-state index contributed by atoms with van der Waals surface area (Å²) in [5.41, 5.74) is 2.01. The zero-order valence-electron chi connectivity index (χ0n) is 27.9. The van der Waals surface area contributed by atoms with Crippen LogP contribution in [-0.2, 0) is 16.6 Å². The molecule has 4 aromatic carbocycles. The molecule has 0 radical (unpaired) electrons. The third kappa shape index (κ3) is 6.44. The highest BCUT2D eigenvalue weighted by Gasteiger charge is 2.29. The molecule has 0 spiro atoms. The molecule has 1 atom stereocenters. The minimum absolute atomic E-state index is 0.0126. The maximum absolute atomic E-state index is 14.6. The Balaban J connectivity index is 1.48. The van der Waals surface area contributed by atoms with Gasteiger partial charge in [0.25, 0.3) is 5.91 Å². The number of hydrogen-bond acceptors (Lipinski definition) is 10. The van der Waals surface area contributed by atoms with Crippen molar-refractivity contribution in [2.75, 3.05) is 31.3 Å². The second-order valence-electron chi connectivity index (χ2n) is 11.8. The van der Waals surface area contributed by atoms with E-state index >= 15 is 0 Å². The molecule has 52 heavy (non-hydrogen) atoms. The molecule has 0 saturated heterocycles. The van der Waals surface area contributed by atoms with Crippen LogP contribution in [0.3, 0.4) is 0 Å². The van der Waals surface area contributed by atoms with Gasteiger partial charge in [0.05, 0.1) is 49.4 Å². The molecule has 3 aromatic heterocycles. The minimum atomic E-state index is -4.10. The van der Waals surface area contributed by atoms with Crippen molar-refractivity contribution >= 4 is 43.7 Å². The number of aromatic nitrogens is 4. The van der Waals surface area contributed by atoms with Crippen LogP contribution < -0.4 is 14.4 Å². The van der Waals surface area contributed by atoms with Crippen molar-refractivity contribution < 1.29 is 40.7 Å². The molecule has 7 rings (SSSR count). The molecular formula is C36H30F2N6O7S. The summed E-state index contributed by atoms with van der Waals surface area (Å²) >= 11 is 0. The summed E-state index contributed by atoms with van der Waals surface area (Å²) in [7, 11) is -1.21. The van der Waals surface area contributed by atoms with Crippen molar-refractivity contribution in [3.05, 3.63) is 103 Å². The van der Waals surface area contributed by atoms with Crippen molar-refractivity contribution in [1.82, 2.24) is 25.1 Å². The molecule has 3 heterocycles. The summed E-state index contributed by atoms with van der Waals surface area (Å²) in [6.45, 7) is -0.473. The number of aliphatic hydroxyl groups is 1. The maximum atomic E-state index is 14.6. The summed E-state index contributed by atoms with van der Waals surface area (Å²) in [4.78, 5) is 21.7. The number of rotatable bonds is 11. The number of nitrogens with zero attached hydrogens (tertiary/aromatic N) is 5. The molecule has 7 aromatic rings. The van der Waals surface area contributed by atoms with E-state index < -0.39 is 40.2 Å². The van der Waals surface area contributed by atoms with Crippen molar-refractivity contribution in [2.45, 2.75) is 12.6 Å². The lowest BCUT2D eigenvalue weighted by molar-refractivity contribution is 0.0964. The van der Waals surface area contributed by atoms with Crippen molar-refractivity contribution in [3.8, 4) is 39.7 Å². The number of halogens is 2. The van der Waals surface area contributed by atoms with Gasteiger partial charge < -0.3 is 24.0 Å². The topological polar surface area (TPSA) is 166 Å². The van der Waals surface area contributed by atoms with E-state index in [-0.39, 0.29) is 46.1 Å². The first-order valence-corrected chi connectivity index (χ1v) is 17.6. The molecule has 266 valence electrons. The van der Waals surface area contributed by atoms with Gasteiger partial charge in [-0.2, -0.15) is 5.10 Å². The Labute approximate surface area is 295 Å². The summed E-state index contributed by atoms with van der Waals surface area (Å²) in [5.74, 6) is -1.09. The normalized spacial score (nSPS) is 12.3. The molecule has 1 unspecified atom stereocenters. The number of para-hydroxylation sites is 1. The number of fused-ring (bicyclic) bond motifs is 2. The van der Waals surface area contributed by atoms with E-state index in [0.29, 0.717) is 33.4 Å². The Kier molecular flexibility index (Phi) is 8.94. The van der Waals surface area contributed by atoms with Crippen LogP contribution in [0.1, 0.15) is 10.4 Å². The maximum Gasteiger partial charge on any atom is 0.255 e. The molecule has 0 aliphatic rings. The fraction of sp³-hybridized carbons (Fsp3) is 0.167. The van der Waals surface area contributed by atoms with E-state index in [9.17, 15) is 27.1 Å². The van der Waals surface area contributed by atoms with E-state index in [4.69, 9.17) is 13.6 Å². The number of nitrogens with one attached hydrogen (secondary N) is 1. The van der Waals surface area contributed by atoms with Gasteiger partial charge in [-0.15, -0.1) is 0 Å². The van der Waals surface area contributed by atoms with Gasteiger partial charge in [0.2, 0.25) is 15.9 Å². The predicted octanol–water partition coefficient (Wildman–Crippen LogP) is 5.64. The molecule has 0 fully saturated rings. The number of carbonyl (C=O) groups excluding carboxylic acids is 1. The van der Waals surface area contributed by atoms with Gasteiger partial charge in [0.1, 0.15) is 41.1 Å². The number of ether oxygens (including phenoxy) is 1. The number of hydrogen-bond donors (Lipinski definition) is 2. The van der Waals surface area contributed by atoms with Gasteiger partial charge in [-0.3, -0.25) is 13.8 Å². The Hall–Kier alpha value is -6.13. The SMILES string of the molecule is CNC(=O)c1c(-c2ccc(F)cc2)oc2cc(N(CC(O)Cn3cncn3)S(C)(=O)=O)c(-c3ccc(OC)c(-c4nc5c(F)cccc5o4)c3)cc12. The lowest BCUT2D eigenvalue weighted by Crippen LogP contribution is -2.39. The highest BCUT2D eigenvalue weighted by molar-refractivity contribution is 7.92. The molecule has 16 heteroatoms. The van der Waals surface area contributed by atoms with E-state index in [1.165, 1.54) is 74.0 Å². The van der Waals surface area contributed by atoms with Crippen LogP contribution in [0.25, 0.3) is 56.0 Å². The molecule has 0 saturated carbocycles. The first kappa shape index (κ1) is 34.3. The fourth-order valence-electron chi connectivity index (χ4n) is 6.00. The van der Waals surface area contributed by atoms with Gasteiger partial charge in [0.15, 0.2) is 11.4 Å². The Morgan fingerprint density at radius 1 is 1.02 bits per heavy atom. The molecule has 1 amide bonds. The van der Waals surface area contributed by atoms with Gasteiger partial charge >= 0.3 is 0 Å². The summed E-state index contributed by atoms with van der Waals surface area (Å²) in [6.07, 6.45) is 2.44. The van der Waals surface area contributed by atoms with Crippen LogP contribution in [0, 0.1) is 11.6 Å². The highest BCUT2D eigenvalue weighted by atomic mass is 32.2. The average molecular weight is 729 g/mol. The average Bonchev–Trinajstić information content (AvgIpc) is 3.89. The number of oxazole rings is 1. The molecule has 2 N–H and O–H groups in total. The number of aliphatic hydroxyl groups excluding tert-OH is 1. The van der Waals surface area contributed by atoms with Crippen LogP contribution in [0.2, 0.25) is 0 Å². The van der Waals surface area contributed by atoms with Crippen LogP contribution in [-0.4, -0.2) is 72.2 Å². The van der Waals surface area contributed by atoms with Gasteiger partial charge in [0, 0.05) is 29.6 Å². The second-order valence-corrected chi connectivity index (χ2v) is 13.8. The highest BCUT2D eigenvalue weighted by Crippen LogP contribution is 2.44. The van der Waals surface area contributed by atoms with Crippen molar-refractivity contribution in [1.29, 1.82) is 0 Å². The van der Waals surface area contributed by atoms with Crippen molar-refractivity contribution in [3.63, 3.8) is 0 Å². The number of sulfonamides is 1. The molecule has 0 aliphatic heterocycles. The van der Waals surface area contributed by atoms with Crippen LogP contribution >= 0.6 is 0 Å². The Morgan fingerprint density at radius 3 is 2.46 bits per heavy atom. The van der Waals surface area contributed by atoms with E-state index in [1.54, 1.807) is 30.3 Å². The molecular weight excluding hydrogens is 698 g/mol. The number of benzene rings is 4.